The van der Waals surface area contributed by atoms with Crippen LogP contribution < -0.4 is 4.74 Å². The first kappa shape index (κ1) is 17.3. The predicted molar refractivity (Wildman–Crippen MR) is 93.4 cm³/mol. The number of carbonyl (C=O) groups excluding carboxylic acids is 1. The molecule has 0 bridgehead atoms. The molecule has 1 aliphatic carbocycles. The molecule has 1 N–H and O–H groups in total. The minimum atomic E-state index is -0.0311. The highest BCUT2D eigenvalue weighted by molar-refractivity contribution is 6.31. The average Bonchev–Trinajstić information content (AvgIpc) is 2.55. The molecule has 1 aromatic rings. The second-order valence-electron chi connectivity index (χ2n) is 6.66. The maximum Gasteiger partial charge on any atom is 0.167 e. The Morgan fingerprint density at radius 3 is 2.67 bits per heavy atom. The number of benzene rings is 1. The molecule has 1 saturated heterocycles. The fourth-order valence-electron chi connectivity index (χ4n) is 3.77. The molecule has 1 fully saturated rings. The van der Waals surface area contributed by atoms with E-state index in [0.717, 1.165) is 32.5 Å². The number of ketones is 1. The number of Topliss-reactive ketones (excluding diaryl/α,β-unsaturated/α-hetero) is 1. The summed E-state index contributed by atoms with van der Waals surface area (Å²) in [6, 6.07) is 5.12. The van der Waals surface area contributed by atoms with Gasteiger partial charge in [0.2, 0.25) is 0 Å². The van der Waals surface area contributed by atoms with Gasteiger partial charge in [0.25, 0.3) is 0 Å². The van der Waals surface area contributed by atoms with Crippen LogP contribution in [0.5, 0.6) is 5.75 Å². The molecule has 5 heteroatoms. The van der Waals surface area contributed by atoms with Crippen LogP contribution >= 0.6 is 11.6 Å². The number of ether oxygens (including phenoxy) is 2. The maximum absolute atomic E-state index is 12.7. The molecule has 0 saturated carbocycles. The molecular weight excluding hydrogens is 328 g/mol. The highest BCUT2D eigenvalue weighted by Crippen LogP contribution is 2.39. The van der Waals surface area contributed by atoms with E-state index in [-0.39, 0.29) is 17.5 Å². The van der Waals surface area contributed by atoms with Crippen molar-refractivity contribution in [2.24, 2.45) is 11.8 Å². The van der Waals surface area contributed by atoms with Gasteiger partial charge in [-0.2, -0.15) is 0 Å². The van der Waals surface area contributed by atoms with Crippen LogP contribution in [0.3, 0.4) is 0 Å². The Bertz CT molecular complexity index is 647. The van der Waals surface area contributed by atoms with Crippen LogP contribution in [0.15, 0.2) is 24.0 Å². The fourth-order valence-corrected chi connectivity index (χ4v) is 3.95. The van der Waals surface area contributed by atoms with Gasteiger partial charge >= 0.3 is 0 Å². The van der Waals surface area contributed by atoms with Gasteiger partial charge in [-0.1, -0.05) is 11.6 Å². The second-order valence-corrected chi connectivity index (χ2v) is 7.09. The standard InChI is InChI=1S/C19H23ClO4/c1-23-18-3-2-14(20)11-15(18)19-16(21)9-13(10-17(19)22)8-12-4-6-24-7-5-12/h2-3,11-13,21H,4-10H2,1H3. The van der Waals surface area contributed by atoms with Crippen LogP contribution in [0.1, 0.15) is 37.7 Å². The molecule has 4 nitrogen and oxygen atoms in total. The first-order valence-corrected chi connectivity index (χ1v) is 8.83. The van der Waals surface area contributed by atoms with Crippen molar-refractivity contribution in [2.45, 2.75) is 32.1 Å². The highest BCUT2D eigenvalue weighted by atomic mass is 35.5. The Labute approximate surface area is 147 Å². The number of aliphatic hydroxyl groups is 1. The fraction of sp³-hybridized carbons (Fsp3) is 0.526. The summed E-state index contributed by atoms with van der Waals surface area (Å²) in [6.07, 6.45) is 4.06. The van der Waals surface area contributed by atoms with Crippen LogP contribution in [-0.2, 0) is 9.53 Å². The number of allylic oxidation sites excluding steroid dienone is 2. The van der Waals surface area contributed by atoms with Gasteiger partial charge in [-0.15, -0.1) is 0 Å². The number of rotatable bonds is 4. The van der Waals surface area contributed by atoms with Gasteiger partial charge in [-0.25, -0.2) is 0 Å². The van der Waals surface area contributed by atoms with Gasteiger partial charge in [0.15, 0.2) is 5.78 Å². The van der Waals surface area contributed by atoms with Crippen molar-refractivity contribution in [3.8, 4) is 5.75 Å². The van der Waals surface area contributed by atoms with E-state index in [9.17, 15) is 9.90 Å². The van der Waals surface area contributed by atoms with Crippen molar-refractivity contribution in [3.63, 3.8) is 0 Å². The Morgan fingerprint density at radius 2 is 2.00 bits per heavy atom. The van der Waals surface area contributed by atoms with Crippen LogP contribution in [0.25, 0.3) is 5.57 Å². The van der Waals surface area contributed by atoms with Crippen molar-refractivity contribution in [1.82, 2.24) is 0 Å². The summed E-state index contributed by atoms with van der Waals surface area (Å²) in [5, 5.41) is 11.1. The van der Waals surface area contributed by atoms with Crippen LogP contribution in [0.4, 0.5) is 0 Å². The summed E-state index contributed by atoms with van der Waals surface area (Å²) in [5.74, 6) is 1.47. The minimum absolute atomic E-state index is 0.0311. The van der Waals surface area contributed by atoms with E-state index in [1.165, 1.54) is 0 Å². The summed E-state index contributed by atoms with van der Waals surface area (Å²) in [7, 11) is 1.55. The van der Waals surface area contributed by atoms with E-state index in [1.807, 2.05) is 0 Å². The zero-order valence-corrected chi connectivity index (χ0v) is 14.6. The normalized spacial score (nSPS) is 22.8. The first-order valence-electron chi connectivity index (χ1n) is 8.45. The molecule has 3 rings (SSSR count). The summed E-state index contributed by atoms with van der Waals surface area (Å²) in [5.41, 5.74) is 0.939. The molecule has 130 valence electrons. The number of methoxy groups -OCH3 is 1. The van der Waals surface area contributed by atoms with Crippen LogP contribution in [-0.4, -0.2) is 31.2 Å². The van der Waals surface area contributed by atoms with Gasteiger partial charge in [-0.3, -0.25) is 4.79 Å². The second kappa shape index (κ2) is 7.58. The number of hydrogen-bond donors (Lipinski definition) is 1. The number of halogens is 1. The molecule has 1 aromatic carbocycles. The van der Waals surface area contributed by atoms with Gasteiger partial charge in [0.1, 0.15) is 11.5 Å². The lowest BCUT2D eigenvalue weighted by atomic mass is 9.78. The van der Waals surface area contributed by atoms with Crippen molar-refractivity contribution in [2.75, 3.05) is 20.3 Å². The smallest absolute Gasteiger partial charge is 0.167 e. The van der Waals surface area contributed by atoms with Crippen LogP contribution in [0, 0.1) is 11.8 Å². The topological polar surface area (TPSA) is 55.8 Å². The van der Waals surface area contributed by atoms with Gasteiger partial charge in [0, 0.05) is 36.6 Å². The first-order chi connectivity index (χ1) is 11.6. The Balaban J connectivity index is 1.81. The Morgan fingerprint density at radius 1 is 1.25 bits per heavy atom. The minimum Gasteiger partial charge on any atom is -0.512 e. The van der Waals surface area contributed by atoms with Gasteiger partial charge in [0.05, 0.1) is 12.7 Å². The third kappa shape index (κ3) is 3.76. The highest BCUT2D eigenvalue weighted by Gasteiger charge is 2.31. The third-order valence-electron chi connectivity index (χ3n) is 4.96. The van der Waals surface area contributed by atoms with E-state index in [2.05, 4.69) is 0 Å². The molecule has 0 amide bonds. The molecule has 1 heterocycles. The van der Waals surface area contributed by atoms with E-state index < -0.39 is 0 Å². The maximum atomic E-state index is 12.7. The third-order valence-corrected chi connectivity index (χ3v) is 5.20. The summed E-state index contributed by atoms with van der Waals surface area (Å²) in [6.45, 7) is 1.61. The lowest BCUT2D eigenvalue weighted by Gasteiger charge is -2.29. The van der Waals surface area contributed by atoms with Gasteiger partial charge in [-0.05, 0) is 49.3 Å². The molecule has 0 aromatic heterocycles. The number of carbonyl (C=O) groups is 1. The predicted octanol–water partition coefficient (Wildman–Crippen LogP) is 4.41. The van der Waals surface area contributed by atoms with E-state index in [1.54, 1.807) is 25.3 Å². The zero-order valence-electron chi connectivity index (χ0n) is 13.9. The molecule has 1 atom stereocenters. The molecule has 2 aliphatic rings. The Hall–Kier alpha value is -1.52. The van der Waals surface area contributed by atoms with Crippen LogP contribution in [0.2, 0.25) is 5.02 Å². The SMILES string of the molecule is COc1ccc(Cl)cc1C1=C(O)CC(CC2CCOCC2)CC1=O. The van der Waals surface area contributed by atoms with E-state index in [4.69, 9.17) is 21.1 Å². The van der Waals surface area contributed by atoms with Gasteiger partial charge < -0.3 is 14.6 Å². The zero-order chi connectivity index (χ0) is 17.1. The van der Waals surface area contributed by atoms with E-state index in [0.29, 0.717) is 40.7 Å². The molecule has 1 aliphatic heterocycles. The average molecular weight is 351 g/mol. The number of aliphatic hydroxyl groups excluding tert-OH is 1. The largest absolute Gasteiger partial charge is 0.512 e. The van der Waals surface area contributed by atoms with Crippen molar-refractivity contribution in [1.29, 1.82) is 0 Å². The van der Waals surface area contributed by atoms with Crippen molar-refractivity contribution < 1.29 is 19.4 Å². The van der Waals surface area contributed by atoms with E-state index >= 15 is 0 Å². The molecule has 1 unspecified atom stereocenters. The Kier molecular flexibility index (Phi) is 5.47. The van der Waals surface area contributed by atoms with Crippen molar-refractivity contribution >= 4 is 23.0 Å². The molecular formula is C19H23ClO4. The lowest BCUT2D eigenvalue weighted by Crippen LogP contribution is -2.24. The summed E-state index contributed by atoms with van der Waals surface area (Å²) in [4.78, 5) is 12.7. The number of hydrogen-bond acceptors (Lipinski definition) is 4. The summed E-state index contributed by atoms with van der Waals surface area (Å²) >= 11 is 6.06. The summed E-state index contributed by atoms with van der Waals surface area (Å²) < 4.78 is 10.7. The lowest BCUT2D eigenvalue weighted by molar-refractivity contribution is -0.115. The quantitative estimate of drug-likeness (QED) is 0.873. The van der Waals surface area contributed by atoms with Crippen molar-refractivity contribution in [3.05, 3.63) is 34.5 Å². The monoisotopic (exact) mass is 350 g/mol. The molecule has 24 heavy (non-hydrogen) atoms. The molecule has 0 spiro atoms. The molecule has 0 radical (unpaired) electrons.